The highest BCUT2D eigenvalue weighted by Crippen LogP contribution is 2.24. The molecule has 0 atom stereocenters. The topological polar surface area (TPSA) is 21.7 Å². The van der Waals surface area contributed by atoms with Crippen LogP contribution >= 0.6 is 0 Å². The highest BCUT2D eigenvalue weighted by Gasteiger charge is 2.16. The molecule has 3 nitrogen and oxygen atoms in total. The molecule has 4 heteroatoms. The number of halogens is 1. The summed E-state index contributed by atoms with van der Waals surface area (Å²) in [5.74, 6) is 0.506. The molecule has 0 radical (unpaired) electrons. The monoisotopic (exact) mass is 281 g/mol. The second-order valence-corrected chi connectivity index (χ2v) is 5.25. The largest absolute Gasteiger partial charge is 0.493 e. The summed E-state index contributed by atoms with van der Waals surface area (Å²) in [6.07, 6.45) is 4.52. The predicted octanol–water partition coefficient (Wildman–Crippen LogP) is 3.23. The number of hydrogen-bond donors (Lipinski definition) is 0. The minimum atomic E-state index is -0.167. The van der Waals surface area contributed by atoms with Gasteiger partial charge in [-0.2, -0.15) is 0 Å². The maximum absolute atomic E-state index is 14.0. The lowest BCUT2D eigenvalue weighted by atomic mass is 10.1. The quantitative estimate of drug-likeness (QED) is 0.716. The molecular formula is C16H24FNO2. The second-order valence-electron chi connectivity index (χ2n) is 5.25. The third-order valence-electron chi connectivity index (χ3n) is 3.66. The van der Waals surface area contributed by atoms with Crippen LogP contribution in [-0.4, -0.2) is 38.3 Å². The zero-order chi connectivity index (χ0) is 14.2. The van der Waals surface area contributed by atoms with Gasteiger partial charge in [-0.3, -0.25) is 4.90 Å². The number of methoxy groups -OCH3 is 1. The maximum atomic E-state index is 14.0. The predicted molar refractivity (Wildman–Crippen MR) is 77.5 cm³/mol. The van der Waals surface area contributed by atoms with Gasteiger partial charge in [-0.1, -0.05) is 12.5 Å². The van der Waals surface area contributed by atoms with E-state index in [1.54, 1.807) is 13.2 Å². The van der Waals surface area contributed by atoms with Crippen LogP contribution in [0.25, 0.3) is 0 Å². The number of piperidine rings is 1. The molecule has 1 saturated heterocycles. The standard InChI is InChI=1S/C16H24FNO2/c1-19-11-6-12-20-16-8-5-7-15(17)14(16)13-18-9-3-2-4-10-18/h5,7-8H,2-4,6,9-13H2,1H3. The van der Waals surface area contributed by atoms with E-state index in [0.29, 0.717) is 31.1 Å². The van der Waals surface area contributed by atoms with Crippen molar-refractivity contribution in [3.63, 3.8) is 0 Å². The van der Waals surface area contributed by atoms with E-state index in [-0.39, 0.29) is 5.82 Å². The molecule has 1 fully saturated rings. The molecule has 1 aliphatic rings. The molecule has 0 unspecified atom stereocenters. The van der Waals surface area contributed by atoms with Gasteiger partial charge in [-0.05, 0) is 38.1 Å². The lowest BCUT2D eigenvalue weighted by molar-refractivity contribution is 0.170. The van der Waals surface area contributed by atoms with Gasteiger partial charge in [0.1, 0.15) is 11.6 Å². The summed E-state index contributed by atoms with van der Waals surface area (Å²) in [6, 6.07) is 5.08. The van der Waals surface area contributed by atoms with Crippen molar-refractivity contribution >= 4 is 0 Å². The van der Waals surface area contributed by atoms with E-state index >= 15 is 0 Å². The Morgan fingerprint density at radius 3 is 2.70 bits per heavy atom. The molecule has 1 heterocycles. The highest BCUT2D eigenvalue weighted by molar-refractivity contribution is 5.34. The van der Waals surface area contributed by atoms with Crippen molar-refractivity contribution in [1.29, 1.82) is 0 Å². The van der Waals surface area contributed by atoms with Crippen molar-refractivity contribution in [2.75, 3.05) is 33.4 Å². The lowest BCUT2D eigenvalue weighted by Gasteiger charge is -2.27. The van der Waals surface area contributed by atoms with Gasteiger partial charge in [0.25, 0.3) is 0 Å². The van der Waals surface area contributed by atoms with Gasteiger partial charge in [0.15, 0.2) is 0 Å². The molecule has 0 N–H and O–H groups in total. The van der Waals surface area contributed by atoms with Crippen LogP contribution in [0.15, 0.2) is 18.2 Å². The molecule has 0 spiro atoms. The van der Waals surface area contributed by atoms with Gasteiger partial charge in [-0.15, -0.1) is 0 Å². The van der Waals surface area contributed by atoms with Gasteiger partial charge in [0.2, 0.25) is 0 Å². The van der Waals surface area contributed by atoms with E-state index in [1.807, 2.05) is 6.07 Å². The molecule has 0 aliphatic carbocycles. The molecule has 0 bridgehead atoms. The SMILES string of the molecule is COCCCOc1cccc(F)c1CN1CCCCC1. The van der Waals surface area contributed by atoms with Crippen molar-refractivity contribution in [2.24, 2.45) is 0 Å². The van der Waals surface area contributed by atoms with Crippen LogP contribution in [0, 0.1) is 5.82 Å². The summed E-state index contributed by atoms with van der Waals surface area (Å²) in [5, 5.41) is 0. The van der Waals surface area contributed by atoms with Gasteiger partial charge in [-0.25, -0.2) is 4.39 Å². The van der Waals surface area contributed by atoms with Crippen LogP contribution in [0.1, 0.15) is 31.2 Å². The Balaban J connectivity index is 1.97. The normalized spacial score (nSPS) is 16.3. The molecule has 20 heavy (non-hydrogen) atoms. The smallest absolute Gasteiger partial charge is 0.131 e. The lowest BCUT2D eigenvalue weighted by Crippen LogP contribution is -2.29. The molecule has 112 valence electrons. The minimum Gasteiger partial charge on any atom is -0.493 e. The summed E-state index contributed by atoms with van der Waals surface area (Å²) in [4.78, 5) is 2.31. The van der Waals surface area contributed by atoms with Crippen LogP contribution in [0.5, 0.6) is 5.75 Å². The van der Waals surface area contributed by atoms with Crippen molar-refractivity contribution in [3.8, 4) is 5.75 Å². The summed E-state index contributed by atoms with van der Waals surface area (Å²) in [6.45, 7) is 3.97. The third kappa shape index (κ3) is 4.46. The fourth-order valence-electron chi connectivity index (χ4n) is 2.55. The van der Waals surface area contributed by atoms with Crippen LogP contribution in [0.2, 0.25) is 0 Å². The molecule has 2 rings (SSSR count). The van der Waals surface area contributed by atoms with Gasteiger partial charge < -0.3 is 9.47 Å². The van der Waals surface area contributed by atoms with Gasteiger partial charge >= 0.3 is 0 Å². The Hall–Kier alpha value is -1.13. The summed E-state index contributed by atoms with van der Waals surface area (Å²) < 4.78 is 24.8. The fourth-order valence-corrected chi connectivity index (χ4v) is 2.55. The number of ether oxygens (including phenoxy) is 2. The van der Waals surface area contributed by atoms with Gasteiger partial charge in [0.05, 0.1) is 6.61 Å². The van der Waals surface area contributed by atoms with Crippen LogP contribution in [0.3, 0.4) is 0 Å². The first kappa shape index (κ1) is 15.3. The second kappa shape index (κ2) is 8.22. The molecule has 0 saturated carbocycles. The first-order valence-corrected chi connectivity index (χ1v) is 7.42. The van der Waals surface area contributed by atoms with E-state index in [2.05, 4.69) is 4.90 Å². The Labute approximate surface area is 120 Å². The summed E-state index contributed by atoms with van der Waals surface area (Å²) in [7, 11) is 1.67. The molecule has 1 aliphatic heterocycles. The highest BCUT2D eigenvalue weighted by atomic mass is 19.1. The van der Waals surface area contributed by atoms with Crippen LogP contribution in [0.4, 0.5) is 4.39 Å². The van der Waals surface area contributed by atoms with E-state index in [4.69, 9.17) is 9.47 Å². The molecule has 0 amide bonds. The van der Waals surface area contributed by atoms with Crippen LogP contribution < -0.4 is 4.74 Å². The van der Waals surface area contributed by atoms with E-state index in [0.717, 1.165) is 19.5 Å². The average molecular weight is 281 g/mol. The summed E-state index contributed by atoms with van der Waals surface area (Å²) in [5.41, 5.74) is 0.687. The van der Waals surface area contributed by atoms with Gasteiger partial charge in [0, 0.05) is 32.2 Å². The third-order valence-corrected chi connectivity index (χ3v) is 3.66. The number of benzene rings is 1. The number of rotatable bonds is 7. The zero-order valence-electron chi connectivity index (χ0n) is 12.2. The number of likely N-dealkylation sites (tertiary alicyclic amines) is 1. The van der Waals surface area contributed by atoms with E-state index in [9.17, 15) is 4.39 Å². The van der Waals surface area contributed by atoms with Crippen LogP contribution in [-0.2, 0) is 11.3 Å². The zero-order valence-corrected chi connectivity index (χ0v) is 12.2. The Kier molecular flexibility index (Phi) is 6.27. The van der Waals surface area contributed by atoms with E-state index < -0.39 is 0 Å². The Morgan fingerprint density at radius 2 is 1.95 bits per heavy atom. The number of hydrogen-bond acceptors (Lipinski definition) is 3. The summed E-state index contributed by atoms with van der Waals surface area (Å²) >= 11 is 0. The average Bonchev–Trinajstić information content (AvgIpc) is 2.48. The Bertz CT molecular complexity index is 405. The maximum Gasteiger partial charge on any atom is 0.131 e. The molecule has 1 aromatic carbocycles. The van der Waals surface area contributed by atoms with Crippen molar-refractivity contribution < 1.29 is 13.9 Å². The first-order chi connectivity index (χ1) is 9.81. The van der Waals surface area contributed by atoms with Crippen molar-refractivity contribution in [2.45, 2.75) is 32.2 Å². The Morgan fingerprint density at radius 1 is 1.15 bits per heavy atom. The molecule has 1 aromatic rings. The van der Waals surface area contributed by atoms with Crippen molar-refractivity contribution in [1.82, 2.24) is 4.90 Å². The first-order valence-electron chi connectivity index (χ1n) is 7.42. The number of nitrogens with zero attached hydrogens (tertiary/aromatic N) is 1. The van der Waals surface area contributed by atoms with Crippen molar-refractivity contribution in [3.05, 3.63) is 29.6 Å². The molecular weight excluding hydrogens is 257 g/mol. The molecule has 0 aromatic heterocycles. The minimum absolute atomic E-state index is 0.167. The van der Waals surface area contributed by atoms with E-state index in [1.165, 1.54) is 25.3 Å². The fraction of sp³-hybridized carbons (Fsp3) is 0.625.